The van der Waals surface area contributed by atoms with E-state index < -0.39 is 6.04 Å². The van der Waals surface area contributed by atoms with Crippen LogP contribution < -0.4 is 23.5 Å². The third-order valence-corrected chi connectivity index (χ3v) is 3.32. The third-order valence-electron chi connectivity index (χ3n) is 3.32. The second kappa shape index (κ2) is 8.60. The fraction of sp³-hybridized carbons (Fsp3) is 0.294. The molecule has 0 fully saturated rings. The summed E-state index contributed by atoms with van der Waals surface area (Å²) in [4.78, 5) is 16.6. The maximum atomic E-state index is 12.9. The molecule has 6 heteroatoms. The van der Waals surface area contributed by atoms with E-state index in [9.17, 15) is 9.18 Å². The molecule has 0 saturated carbocycles. The number of nitrogens with one attached hydrogen (secondary N) is 1. The molecule has 4 N–H and O–H groups in total. The Morgan fingerprint density at radius 2 is 1.91 bits per heavy atom. The van der Waals surface area contributed by atoms with Crippen LogP contribution >= 0.6 is 0 Å². The van der Waals surface area contributed by atoms with Gasteiger partial charge in [0.2, 0.25) is 5.78 Å². The quantitative estimate of drug-likeness (QED) is 0.696. The second-order valence-corrected chi connectivity index (χ2v) is 5.67. The summed E-state index contributed by atoms with van der Waals surface area (Å²) in [5.41, 5.74) is 5.19. The Bertz CT molecular complexity index is 647. The highest BCUT2D eigenvalue weighted by Gasteiger charge is 2.21. The Morgan fingerprint density at radius 3 is 2.52 bits per heavy atom. The topological polar surface area (TPSA) is 69.6 Å². The molecule has 0 aliphatic rings. The number of aromatic nitrogens is 1. The first-order valence-corrected chi connectivity index (χ1v) is 7.30. The van der Waals surface area contributed by atoms with Gasteiger partial charge in [-0.3, -0.25) is 4.79 Å². The lowest BCUT2D eigenvalue weighted by Gasteiger charge is -2.11. The number of hydrogen-bond acceptors (Lipinski definition) is 3. The van der Waals surface area contributed by atoms with Gasteiger partial charge in [0.05, 0.1) is 0 Å². The van der Waals surface area contributed by atoms with Crippen molar-refractivity contribution in [3.05, 3.63) is 59.5 Å². The van der Waals surface area contributed by atoms with E-state index in [1.165, 1.54) is 24.3 Å². The van der Waals surface area contributed by atoms with Crippen LogP contribution in [0.2, 0.25) is 0 Å². The minimum Gasteiger partial charge on any atom is -1.00 e. The van der Waals surface area contributed by atoms with Gasteiger partial charge in [-0.1, -0.05) is 13.8 Å². The van der Waals surface area contributed by atoms with E-state index in [2.05, 4.69) is 29.9 Å². The second-order valence-electron chi connectivity index (χ2n) is 5.67. The van der Waals surface area contributed by atoms with E-state index in [0.29, 0.717) is 11.5 Å². The summed E-state index contributed by atoms with van der Waals surface area (Å²) in [7, 11) is 0. The summed E-state index contributed by atoms with van der Waals surface area (Å²) in [6.45, 7) is 5.03. The average molecular weight is 338 g/mol. The molecule has 124 valence electrons. The lowest BCUT2D eigenvalue weighted by atomic mass is 9.99. The molecule has 4 nitrogen and oxygen atoms in total. The molecule has 0 aliphatic carbocycles. The van der Waals surface area contributed by atoms with Gasteiger partial charge in [-0.15, -0.1) is 0 Å². The summed E-state index contributed by atoms with van der Waals surface area (Å²) in [6.07, 6.45) is 1.66. The van der Waals surface area contributed by atoms with Crippen molar-refractivity contribution in [3.8, 4) is 0 Å². The zero-order chi connectivity index (χ0) is 16.1. The molecule has 1 aromatic carbocycles. The van der Waals surface area contributed by atoms with Crippen LogP contribution in [0.25, 0.3) is 0 Å². The van der Waals surface area contributed by atoms with Gasteiger partial charge in [0, 0.05) is 23.9 Å². The van der Waals surface area contributed by atoms with Gasteiger partial charge in [0.15, 0.2) is 6.04 Å². The SMILES string of the molecule is CC(C)CNc1cc(C([NH3+])C(=O)c2ccc(F)cc2)ccn1.[Cl-]. The van der Waals surface area contributed by atoms with Crippen molar-refractivity contribution in [1.82, 2.24) is 4.98 Å². The Morgan fingerprint density at radius 1 is 1.26 bits per heavy atom. The average Bonchev–Trinajstić information content (AvgIpc) is 2.52. The molecule has 1 unspecified atom stereocenters. The Kier molecular flexibility index (Phi) is 7.13. The van der Waals surface area contributed by atoms with Crippen LogP contribution in [0.3, 0.4) is 0 Å². The summed E-state index contributed by atoms with van der Waals surface area (Å²) in [5, 5.41) is 3.23. The molecule has 1 heterocycles. The molecule has 1 atom stereocenters. The van der Waals surface area contributed by atoms with Gasteiger partial charge in [0.25, 0.3) is 0 Å². The van der Waals surface area contributed by atoms with Crippen LogP contribution in [0.4, 0.5) is 10.2 Å². The molecule has 0 radical (unpaired) electrons. The van der Waals surface area contributed by atoms with E-state index in [1.807, 2.05) is 6.07 Å². The predicted octanol–water partition coefficient (Wildman–Crippen LogP) is -0.541. The number of carbonyl (C=O) groups excluding carboxylic acids is 1. The summed E-state index contributed by atoms with van der Waals surface area (Å²) >= 11 is 0. The largest absolute Gasteiger partial charge is 1.00 e. The van der Waals surface area contributed by atoms with Crippen LogP contribution in [-0.2, 0) is 0 Å². The van der Waals surface area contributed by atoms with E-state index in [1.54, 1.807) is 12.3 Å². The number of pyridine rings is 1. The highest BCUT2D eigenvalue weighted by molar-refractivity contribution is 5.99. The number of Topliss-reactive ketones (excluding diaryl/α,β-unsaturated/α-hetero) is 1. The fourth-order valence-corrected chi connectivity index (χ4v) is 2.04. The van der Waals surface area contributed by atoms with Crippen molar-refractivity contribution >= 4 is 11.6 Å². The molecule has 0 amide bonds. The van der Waals surface area contributed by atoms with Gasteiger partial charge >= 0.3 is 0 Å². The molecule has 2 aromatic rings. The van der Waals surface area contributed by atoms with Crippen LogP contribution in [0.5, 0.6) is 0 Å². The van der Waals surface area contributed by atoms with Crippen molar-refractivity contribution in [3.63, 3.8) is 0 Å². The molecule has 2 rings (SSSR count). The molecule has 23 heavy (non-hydrogen) atoms. The highest BCUT2D eigenvalue weighted by atomic mass is 35.5. The monoisotopic (exact) mass is 337 g/mol. The zero-order valence-electron chi connectivity index (χ0n) is 13.2. The lowest BCUT2D eigenvalue weighted by Crippen LogP contribution is -3.00. The Balaban J connectivity index is 0.00000264. The highest BCUT2D eigenvalue weighted by Crippen LogP contribution is 2.17. The van der Waals surface area contributed by atoms with Crippen molar-refractivity contribution < 1.29 is 27.3 Å². The number of rotatable bonds is 6. The van der Waals surface area contributed by atoms with E-state index in [4.69, 9.17) is 0 Å². The Hall–Kier alpha value is -1.98. The summed E-state index contributed by atoms with van der Waals surface area (Å²) in [5.74, 6) is 0.732. The van der Waals surface area contributed by atoms with Gasteiger partial charge in [-0.25, -0.2) is 9.37 Å². The van der Waals surface area contributed by atoms with Gasteiger partial charge in [0.1, 0.15) is 11.6 Å². The van der Waals surface area contributed by atoms with Crippen molar-refractivity contribution in [2.24, 2.45) is 5.92 Å². The zero-order valence-corrected chi connectivity index (χ0v) is 14.0. The predicted molar refractivity (Wildman–Crippen MR) is 83.9 cm³/mol. The maximum absolute atomic E-state index is 12.9. The number of nitrogens with zero attached hydrogens (tertiary/aromatic N) is 1. The molecule has 0 spiro atoms. The number of benzene rings is 1. The molecule has 1 aromatic heterocycles. The van der Waals surface area contributed by atoms with Crippen molar-refractivity contribution in [2.45, 2.75) is 19.9 Å². The minimum absolute atomic E-state index is 0. The summed E-state index contributed by atoms with van der Waals surface area (Å²) in [6, 6.07) is 8.59. The molecule has 0 aliphatic heterocycles. The normalized spacial score (nSPS) is 11.7. The Labute approximate surface area is 141 Å². The third kappa shape index (κ3) is 5.30. The first-order chi connectivity index (χ1) is 10.5. The van der Waals surface area contributed by atoms with Crippen LogP contribution in [-0.4, -0.2) is 17.3 Å². The van der Waals surface area contributed by atoms with E-state index in [0.717, 1.165) is 17.9 Å². The maximum Gasteiger partial charge on any atom is 0.224 e. The summed E-state index contributed by atoms with van der Waals surface area (Å²) < 4.78 is 12.9. The molecule has 0 bridgehead atoms. The molecule has 0 saturated heterocycles. The number of carbonyl (C=O) groups is 1. The van der Waals surface area contributed by atoms with E-state index >= 15 is 0 Å². The first-order valence-electron chi connectivity index (χ1n) is 7.30. The number of hydrogen-bond donors (Lipinski definition) is 2. The lowest BCUT2D eigenvalue weighted by molar-refractivity contribution is -0.404. The van der Waals surface area contributed by atoms with Gasteiger partial charge in [-0.05, 0) is 42.3 Å². The van der Waals surface area contributed by atoms with Crippen LogP contribution in [0.1, 0.15) is 35.8 Å². The standard InChI is InChI=1S/C17H20FN3O.ClH/c1-11(2)10-21-15-9-13(7-8-20-15)16(19)17(22)12-3-5-14(18)6-4-12;/h3-9,11,16H,10,19H2,1-2H3,(H,20,21);1H. The minimum atomic E-state index is -0.548. The van der Waals surface area contributed by atoms with Crippen molar-refractivity contribution in [2.75, 3.05) is 11.9 Å². The van der Waals surface area contributed by atoms with Crippen LogP contribution in [0.15, 0.2) is 42.6 Å². The molecular formula is C17H21ClFN3O. The van der Waals surface area contributed by atoms with Gasteiger partial charge < -0.3 is 23.5 Å². The first kappa shape index (κ1) is 19.1. The number of anilines is 1. The van der Waals surface area contributed by atoms with Gasteiger partial charge in [-0.2, -0.15) is 0 Å². The number of quaternary nitrogens is 1. The van der Waals surface area contributed by atoms with Crippen LogP contribution in [0, 0.1) is 11.7 Å². The number of halogens is 2. The fourth-order valence-electron chi connectivity index (χ4n) is 2.04. The number of ketones is 1. The molecular weight excluding hydrogens is 317 g/mol. The van der Waals surface area contributed by atoms with E-state index in [-0.39, 0.29) is 24.0 Å². The smallest absolute Gasteiger partial charge is 0.224 e. The van der Waals surface area contributed by atoms with Crippen molar-refractivity contribution in [1.29, 1.82) is 0 Å².